The van der Waals surface area contributed by atoms with Gasteiger partial charge >= 0.3 is 6.01 Å². The maximum Gasteiger partial charge on any atom is 0.337 e. The largest absolute Gasteiger partial charge is 0.466 e. The average Bonchev–Trinajstić information content (AvgIpc) is 2.57. The monoisotopic (exact) mass is 195 g/mol. The molecule has 0 amide bonds. The Morgan fingerprint density at radius 3 is 2.93 bits per heavy atom. The highest BCUT2D eigenvalue weighted by Gasteiger charge is 2.10. The van der Waals surface area contributed by atoms with Crippen molar-refractivity contribution < 1.29 is 4.74 Å². The highest BCUT2D eigenvalue weighted by Crippen LogP contribution is 2.09. The van der Waals surface area contributed by atoms with E-state index in [4.69, 9.17) is 10.5 Å². The Kier molecular flexibility index (Phi) is 1.66. The Balaban J connectivity index is 2.87. The third-order valence-corrected chi connectivity index (χ3v) is 1.95. The summed E-state index contributed by atoms with van der Waals surface area (Å²) in [5.41, 5.74) is 5.81. The number of fused-ring (bicyclic) bond motifs is 1. The lowest BCUT2D eigenvalue weighted by atomic mass is 10.3. The highest BCUT2D eigenvalue weighted by atomic mass is 16.5. The molecule has 0 bridgehead atoms. The van der Waals surface area contributed by atoms with Crippen LogP contribution in [0.5, 0.6) is 6.01 Å². The zero-order valence-electron chi connectivity index (χ0n) is 7.74. The van der Waals surface area contributed by atoms with Crippen molar-refractivity contribution in [2.45, 2.75) is 6.92 Å². The number of aromatic amines is 1. The van der Waals surface area contributed by atoms with E-state index in [1.54, 1.807) is 6.92 Å². The molecule has 0 unspecified atom stereocenters. The fourth-order valence-electron chi connectivity index (χ4n) is 1.10. The fourth-order valence-corrected chi connectivity index (χ4v) is 1.10. The van der Waals surface area contributed by atoms with Gasteiger partial charge in [-0.3, -0.25) is 9.78 Å². The normalized spacial score (nSPS) is 10.7. The lowest BCUT2D eigenvalue weighted by Crippen LogP contribution is -2.16. The van der Waals surface area contributed by atoms with Crippen LogP contribution in [0.3, 0.4) is 0 Å². The van der Waals surface area contributed by atoms with Crippen molar-refractivity contribution in [1.29, 1.82) is 0 Å². The van der Waals surface area contributed by atoms with Gasteiger partial charge in [0.25, 0.3) is 5.56 Å². The standard InChI is InChI=1S/C7H9N5O2/c1-3-4(8)12-6(9-5(3)13)10-7(11-12)14-2/h8H2,1-2H3,(H,9,10,11,13). The number of rotatable bonds is 1. The van der Waals surface area contributed by atoms with Gasteiger partial charge in [-0.2, -0.15) is 9.50 Å². The van der Waals surface area contributed by atoms with Gasteiger partial charge in [-0.15, -0.1) is 5.10 Å². The van der Waals surface area contributed by atoms with E-state index in [9.17, 15) is 4.79 Å². The van der Waals surface area contributed by atoms with Gasteiger partial charge in [0, 0.05) is 0 Å². The number of H-pyrrole nitrogens is 1. The average molecular weight is 195 g/mol. The third-order valence-electron chi connectivity index (χ3n) is 1.95. The van der Waals surface area contributed by atoms with Crippen LogP contribution in [0.2, 0.25) is 0 Å². The number of hydrogen-bond donors (Lipinski definition) is 2. The molecule has 7 heteroatoms. The summed E-state index contributed by atoms with van der Waals surface area (Å²) < 4.78 is 6.14. The van der Waals surface area contributed by atoms with Gasteiger partial charge in [-0.1, -0.05) is 0 Å². The summed E-state index contributed by atoms with van der Waals surface area (Å²) in [7, 11) is 1.44. The van der Waals surface area contributed by atoms with Gasteiger partial charge in [-0.25, -0.2) is 0 Å². The minimum Gasteiger partial charge on any atom is -0.466 e. The first-order chi connectivity index (χ1) is 6.63. The molecule has 0 fully saturated rings. The molecule has 2 aromatic heterocycles. The van der Waals surface area contributed by atoms with Crippen molar-refractivity contribution in [3.05, 3.63) is 15.9 Å². The van der Waals surface area contributed by atoms with E-state index in [-0.39, 0.29) is 23.2 Å². The van der Waals surface area contributed by atoms with Crippen molar-refractivity contribution in [1.82, 2.24) is 19.6 Å². The van der Waals surface area contributed by atoms with Crippen LogP contribution in [0.4, 0.5) is 5.82 Å². The molecule has 0 aliphatic carbocycles. The summed E-state index contributed by atoms with van der Waals surface area (Å²) in [6, 6.07) is 0.165. The second-order valence-electron chi connectivity index (χ2n) is 2.80. The van der Waals surface area contributed by atoms with E-state index in [0.29, 0.717) is 5.56 Å². The maximum absolute atomic E-state index is 11.3. The first-order valence-electron chi connectivity index (χ1n) is 3.92. The number of anilines is 1. The molecule has 0 atom stereocenters. The predicted molar refractivity (Wildman–Crippen MR) is 49.3 cm³/mol. The van der Waals surface area contributed by atoms with Gasteiger partial charge in [0.05, 0.1) is 12.7 Å². The maximum atomic E-state index is 11.3. The summed E-state index contributed by atoms with van der Waals surface area (Å²) >= 11 is 0. The summed E-state index contributed by atoms with van der Waals surface area (Å²) in [6.45, 7) is 1.61. The summed E-state index contributed by atoms with van der Waals surface area (Å²) in [4.78, 5) is 17.7. The predicted octanol–water partition coefficient (Wildman–Crippen LogP) is -0.683. The van der Waals surface area contributed by atoms with Crippen LogP contribution < -0.4 is 16.0 Å². The number of aromatic nitrogens is 4. The molecular formula is C7H9N5O2. The summed E-state index contributed by atoms with van der Waals surface area (Å²) in [5.74, 6) is 0.537. The minimum atomic E-state index is -0.273. The number of nitrogen functional groups attached to an aromatic ring is 1. The summed E-state index contributed by atoms with van der Waals surface area (Å²) in [6.07, 6.45) is 0. The van der Waals surface area contributed by atoms with E-state index in [2.05, 4.69) is 15.1 Å². The number of methoxy groups -OCH3 is 1. The summed E-state index contributed by atoms with van der Waals surface area (Å²) in [5, 5.41) is 3.92. The SMILES string of the molecule is COc1nc2[nH]c(=O)c(C)c(N)n2n1. The molecule has 0 aliphatic rings. The molecule has 0 saturated heterocycles. The van der Waals surface area contributed by atoms with Crippen molar-refractivity contribution in [2.24, 2.45) is 0 Å². The minimum absolute atomic E-state index is 0.165. The third kappa shape index (κ3) is 1.02. The smallest absolute Gasteiger partial charge is 0.337 e. The van der Waals surface area contributed by atoms with Crippen LogP contribution in [0, 0.1) is 6.92 Å². The van der Waals surface area contributed by atoms with Crippen LogP contribution in [0.25, 0.3) is 5.78 Å². The van der Waals surface area contributed by atoms with Crippen molar-refractivity contribution in [3.8, 4) is 6.01 Å². The van der Waals surface area contributed by atoms with Crippen LogP contribution >= 0.6 is 0 Å². The highest BCUT2D eigenvalue weighted by molar-refractivity contribution is 5.45. The van der Waals surface area contributed by atoms with E-state index < -0.39 is 0 Å². The first-order valence-corrected chi connectivity index (χ1v) is 3.92. The van der Waals surface area contributed by atoms with E-state index >= 15 is 0 Å². The molecule has 74 valence electrons. The van der Waals surface area contributed by atoms with Gasteiger partial charge < -0.3 is 10.5 Å². The second kappa shape index (κ2) is 2.72. The molecule has 0 aliphatic heterocycles. The molecule has 2 heterocycles. The quantitative estimate of drug-likeness (QED) is 0.628. The Morgan fingerprint density at radius 1 is 1.57 bits per heavy atom. The van der Waals surface area contributed by atoms with E-state index in [1.807, 2.05) is 0 Å². The Morgan fingerprint density at radius 2 is 2.29 bits per heavy atom. The second-order valence-corrected chi connectivity index (χ2v) is 2.80. The van der Waals surface area contributed by atoms with Gasteiger partial charge in [0.15, 0.2) is 0 Å². The number of hydrogen-bond acceptors (Lipinski definition) is 5. The molecule has 0 spiro atoms. The Labute approximate surface area is 78.5 Å². The van der Waals surface area contributed by atoms with Crippen LogP contribution in [0.15, 0.2) is 4.79 Å². The Hall–Kier alpha value is -2.05. The Bertz CT molecular complexity index is 541. The number of nitrogens with two attached hydrogens (primary N) is 1. The molecule has 2 rings (SSSR count). The zero-order valence-corrected chi connectivity index (χ0v) is 7.74. The lowest BCUT2D eigenvalue weighted by Gasteiger charge is -1.99. The molecule has 2 aromatic rings. The molecule has 0 aromatic carbocycles. The van der Waals surface area contributed by atoms with Crippen LogP contribution in [-0.4, -0.2) is 26.7 Å². The number of ether oxygens (including phenoxy) is 1. The van der Waals surface area contributed by atoms with Gasteiger partial charge in [0.1, 0.15) is 5.82 Å². The van der Waals surface area contributed by atoms with E-state index in [1.165, 1.54) is 11.6 Å². The van der Waals surface area contributed by atoms with Crippen molar-refractivity contribution in [2.75, 3.05) is 12.8 Å². The molecule has 3 N–H and O–H groups in total. The van der Waals surface area contributed by atoms with Gasteiger partial charge in [0.2, 0.25) is 5.78 Å². The first kappa shape index (κ1) is 8.54. The van der Waals surface area contributed by atoms with Crippen LogP contribution in [0.1, 0.15) is 5.56 Å². The molecule has 7 nitrogen and oxygen atoms in total. The van der Waals surface area contributed by atoms with E-state index in [0.717, 1.165) is 0 Å². The number of nitrogens with one attached hydrogen (secondary N) is 1. The molecular weight excluding hydrogens is 186 g/mol. The fraction of sp³-hybridized carbons (Fsp3) is 0.286. The topological polar surface area (TPSA) is 98.3 Å². The van der Waals surface area contributed by atoms with Gasteiger partial charge in [-0.05, 0) is 6.92 Å². The lowest BCUT2D eigenvalue weighted by molar-refractivity contribution is 0.381. The molecule has 14 heavy (non-hydrogen) atoms. The van der Waals surface area contributed by atoms with Crippen LogP contribution in [-0.2, 0) is 0 Å². The number of nitrogens with zero attached hydrogens (tertiary/aromatic N) is 3. The van der Waals surface area contributed by atoms with Crippen molar-refractivity contribution in [3.63, 3.8) is 0 Å². The zero-order chi connectivity index (χ0) is 10.3. The molecule has 0 saturated carbocycles. The molecule has 0 radical (unpaired) electrons. The van der Waals surface area contributed by atoms with Crippen molar-refractivity contribution >= 4 is 11.6 Å².